The molecule has 1 saturated heterocycles. The van der Waals surface area contributed by atoms with Crippen molar-refractivity contribution >= 4 is 24.2 Å². The van der Waals surface area contributed by atoms with E-state index < -0.39 is 24.1 Å². The monoisotopic (exact) mass is 314 g/mol. The third-order valence-corrected chi connectivity index (χ3v) is 4.32. The van der Waals surface area contributed by atoms with E-state index in [0.29, 0.717) is 17.8 Å². The summed E-state index contributed by atoms with van der Waals surface area (Å²) in [4.78, 5) is 0. The molecule has 1 heterocycles. The molecule has 0 saturated carbocycles. The number of ether oxygens (including phenoxy) is 1. The predicted octanol–water partition coefficient (Wildman–Crippen LogP) is 3.57. The van der Waals surface area contributed by atoms with E-state index >= 15 is 0 Å². The Balaban J connectivity index is 2.32. The minimum absolute atomic E-state index is 0.251. The molecular weight excluding hydrogens is 293 g/mol. The van der Waals surface area contributed by atoms with Gasteiger partial charge < -0.3 is 14.0 Å². The first kappa shape index (κ1) is 16.6. The van der Waals surface area contributed by atoms with Gasteiger partial charge in [0.25, 0.3) is 0 Å². The zero-order valence-electron chi connectivity index (χ0n) is 13.1. The van der Waals surface area contributed by atoms with Gasteiger partial charge in [0.2, 0.25) is 0 Å². The second-order valence-electron chi connectivity index (χ2n) is 6.24. The average Bonchev–Trinajstić information content (AvgIpc) is 2.57. The van der Waals surface area contributed by atoms with Gasteiger partial charge in [-0.15, -0.1) is 0 Å². The van der Waals surface area contributed by atoms with E-state index in [1.165, 1.54) is 6.07 Å². The molecule has 0 aromatic heterocycles. The summed E-state index contributed by atoms with van der Waals surface area (Å²) in [6.07, 6.45) is 0.847. The van der Waals surface area contributed by atoms with Crippen LogP contribution in [-0.2, 0) is 9.31 Å². The zero-order valence-corrected chi connectivity index (χ0v) is 13.9. The van der Waals surface area contributed by atoms with Gasteiger partial charge in [-0.3, -0.25) is 0 Å². The molecule has 0 unspecified atom stereocenters. The topological polar surface area (TPSA) is 27.7 Å². The van der Waals surface area contributed by atoms with Crippen molar-refractivity contribution in [1.82, 2.24) is 0 Å². The molecule has 2 rings (SSSR count). The van der Waals surface area contributed by atoms with E-state index in [1.54, 1.807) is 6.07 Å². The number of benzene rings is 1. The molecule has 0 radical (unpaired) electrons. The summed E-state index contributed by atoms with van der Waals surface area (Å²) in [5, 5.41) is 0.251. The van der Waals surface area contributed by atoms with Gasteiger partial charge in [-0.25, -0.2) is 4.39 Å². The highest BCUT2D eigenvalue weighted by Gasteiger charge is 2.52. The van der Waals surface area contributed by atoms with Crippen LogP contribution >= 0.6 is 11.6 Å². The van der Waals surface area contributed by atoms with Crippen molar-refractivity contribution in [3.05, 3.63) is 23.0 Å². The minimum Gasteiger partial charge on any atom is -0.492 e. The Morgan fingerprint density at radius 2 is 1.76 bits per heavy atom. The van der Waals surface area contributed by atoms with Crippen molar-refractivity contribution in [2.75, 3.05) is 6.61 Å². The van der Waals surface area contributed by atoms with Crippen LogP contribution in [0, 0.1) is 5.82 Å². The van der Waals surface area contributed by atoms with Gasteiger partial charge >= 0.3 is 7.12 Å². The van der Waals surface area contributed by atoms with Crippen molar-refractivity contribution in [2.24, 2.45) is 0 Å². The molecule has 116 valence electrons. The Labute approximate surface area is 130 Å². The smallest absolute Gasteiger partial charge is 0.492 e. The van der Waals surface area contributed by atoms with Crippen LogP contribution in [0.25, 0.3) is 0 Å². The molecule has 0 bridgehead atoms. The van der Waals surface area contributed by atoms with Gasteiger partial charge in [-0.2, -0.15) is 0 Å². The molecule has 0 amide bonds. The summed E-state index contributed by atoms with van der Waals surface area (Å²) in [5.41, 5.74) is -0.730. The molecule has 1 aliphatic heterocycles. The first-order chi connectivity index (χ1) is 9.68. The summed E-state index contributed by atoms with van der Waals surface area (Å²) < 4.78 is 31.5. The van der Waals surface area contributed by atoms with Crippen molar-refractivity contribution in [1.29, 1.82) is 0 Å². The van der Waals surface area contributed by atoms with E-state index in [2.05, 4.69) is 0 Å². The Bertz CT molecular complexity index is 518. The quantitative estimate of drug-likeness (QED) is 0.795. The minimum atomic E-state index is -0.767. The third kappa shape index (κ3) is 3.20. The molecule has 21 heavy (non-hydrogen) atoms. The number of halogens is 2. The Morgan fingerprint density at radius 3 is 2.29 bits per heavy atom. The number of hydrogen-bond acceptors (Lipinski definition) is 3. The summed E-state index contributed by atoms with van der Waals surface area (Å²) >= 11 is 6.01. The molecule has 3 nitrogen and oxygen atoms in total. The lowest BCUT2D eigenvalue weighted by Gasteiger charge is -2.32. The van der Waals surface area contributed by atoms with Gasteiger partial charge in [-0.05, 0) is 46.2 Å². The van der Waals surface area contributed by atoms with Gasteiger partial charge in [0.15, 0.2) is 0 Å². The van der Waals surface area contributed by atoms with Crippen LogP contribution in [0.4, 0.5) is 4.39 Å². The largest absolute Gasteiger partial charge is 0.497 e. The van der Waals surface area contributed by atoms with Crippen LogP contribution in [0.2, 0.25) is 5.02 Å². The lowest BCUT2D eigenvalue weighted by atomic mass is 9.78. The summed E-state index contributed by atoms with van der Waals surface area (Å²) in [6, 6.07) is 2.81. The van der Waals surface area contributed by atoms with Gasteiger partial charge in [0.1, 0.15) is 11.6 Å². The standard InChI is InChI=1S/C15H21BClFO3/c1-6-7-19-13-8-10(12(18)9-11(13)17)16-20-14(2,3)15(4,5)21-16/h8-9H,6-7H2,1-5H3. The van der Waals surface area contributed by atoms with E-state index in [4.69, 9.17) is 25.6 Å². The SMILES string of the molecule is CCCOc1cc(B2OC(C)(C)C(C)(C)O2)c(F)cc1Cl. The molecule has 1 aliphatic rings. The molecule has 0 aliphatic carbocycles. The van der Waals surface area contributed by atoms with E-state index in [0.717, 1.165) is 6.42 Å². The fourth-order valence-electron chi connectivity index (χ4n) is 2.02. The number of hydrogen-bond donors (Lipinski definition) is 0. The van der Waals surface area contributed by atoms with Crippen molar-refractivity contribution in [3.8, 4) is 5.75 Å². The van der Waals surface area contributed by atoms with Crippen LogP contribution in [0.5, 0.6) is 5.75 Å². The van der Waals surface area contributed by atoms with E-state index in [-0.39, 0.29) is 5.02 Å². The summed E-state index contributed by atoms with van der Waals surface area (Å²) in [7, 11) is -0.767. The maximum atomic E-state index is 14.2. The first-order valence-electron chi connectivity index (χ1n) is 7.15. The highest BCUT2D eigenvalue weighted by Crippen LogP contribution is 2.37. The van der Waals surface area contributed by atoms with Crippen molar-refractivity contribution in [3.63, 3.8) is 0 Å². The molecule has 1 fully saturated rings. The highest BCUT2D eigenvalue weighted by atomic mass is 35.5. The van der Waals surface area contributed by atoms with E-state index in [9.17, 15) is 4.39 Å². The van der Waals surface area contributed by atoms with Crippen LogP contribution in [-0.4, -0.2) is 24.9 Å². The molecule has 6 heteroatoms. The molecule has 1 aromatic rings. The second kappa shape index (κ2) is 5.78. The summed E-state index contributed by atoms with van der Waals surface area (Å²) in [5.74, 6) is -0.00743. The maximum Gasteiger partial charge on any atom is 0.497 e. The van der Waals surface area contributed by atoms with Gasteiger partial charge in [-0.1, -0.05) is 18.5 Å². The Morgan fingerprint density at radius 1 is 1.19 bits per heavy atom. The Kier molecular flexibility index (Phi) is 4.57. The summed E-state index contributed by atoms with van der Waals surface area (Å²) in [6.45, 7) is 10.2. The molecule has 1 aromatic carbocycles. The fourth-order valence-corrected chi connectivity index (χ4v) is 2.22. The highest BCUT2D eigenvalue weighted by molar-refractivity contribution is 6.62. The van der Waals surface area contributed by atoms with Crippen LogP contribution in [0.15, 0.2) is 12.1 Å². The lowest BCUT2D eigenvalue weighted by molar-refractivity contribution is 0.00578. The maximum absolute atomic E-state index is 14.2. The van der Waals surface area contributed by atoms with Crippen molar-refractivity contribution in [2.45, 2.75) is 52.2 Å². The molecule has 0 N–H and O–H groups in total. The number of rotatable bonds is 4. The third-order valence-electron chi connectivity index (χ3n) is 4.02. The van der Waals surface area contributed by atoms with Crippen LogP contribution < -0.4 is 10.2 Å². The average molecular weight is 315 g/mol. The van der Waals surface area contributed by atoms with Crippen LogP contribution in [0.1, 0.15) is 41.0 Å². The second-order valence-corrected chi connectivity index (χ2v) is 6.65. The molecule has 0 atom stereocenters. The fraction of sp³-hybridized carbons (Fsp3) is 0.600. The first-order valence-corrected chi connectivity index (χ1v) is 7.53. The molecular formula is C15H21BClFO3. The molecule has 0 spiro atoms. The zero-order chi connectivity index (χ0) is 15.8. The predicted molar refractivity (Wildman–Crippen MR) is 82.9 cm³/mol. The Hall–Kier alpha value is -0.775. The normalized spacial score (nSPS) is 19.9. The lowest BCUT2D eigenvalue weighted by Crippen LogP contribution is -2.41. The van der Waals surface area contributed by atoms with Gasteiger partial charge in [0.05, 0.1) is 22.8 Å². The van der Waals surface area contributed by atoms with Crippen molar-refractivity contribution < 1.29 is 18.4 Å². The van der Waals surface area contributed by atoms with Crippen LogP contribution in [0.3, 0.4) is 0 Å². The van der Waals surface area contributed by atoms with E-state index in [1.807, 2.05) is 34.6 Å². The van der Waals surface area contributed by atoms with Gasteiger partial charge in [0, 0.05) is 5.46 Å².